The molecule has 0 aliphatic rings. The quantitative estimate of drug-likeness (QED) is 0.546. The molecular formula is C5H13NO2S. The molecular weight excluding hydrogens is 138 g/mol. The van der Waals surface area contributed by atoms with Crippen LogP contribution in [0.1, 0.15) is 6.92 Å². The molecule has 0 saturated heterocycles. The Morgan fingerprint density at radius 3 is 2.67 bits per heavy atom. The van der Waals surface area contributed by atoms with Crippen LogP contribution < -0.4 is 5.73 Å². The molecule has 0 radical (unpaired) electrons. The zero-order chi connectivity index (χ0) is 7.28. The number of aliphatic hydroxyl groups excluding tert-OH is 1. The minimum Gasteiger partial charge on any atom is -0.392 e. The van der Waals surface area contributed by atoms with E-state index in [-0.39, 0.29) is 0 Å². The van der Waals surface area contributed by atoms with E-state index in [1.165, 1.54) is 0 Å². The van der Waals surface area contributed by atoms with Crippen LogP contribution in [0.4, 0.5) is 0 Å². The molecule has 2 unspecified atom stereocenters. The second-order valence-electron chi connectivity index (χ2n) is 1.95. The molecule has 0 saturated carbocycles. The van der Waals surface area contributed by atoms with Gasteiger partial charge in [-0.1, -0.05) is 0 Å². The fourth-order valence-corrected chi connectivity index (χ4v) is 1.45. The smallest absolute Gasteiger partial charge is 0.0627 e. The van der Waals surface area contributed by atoms with E-state index in [9.17, 15) is 4.21 Å². The Balaban J connectivity index is 3.27. The van der Waals surface area contributed by atoms with Crippen molar-refractivity contribution in [1.29, 1.82) is 0 Å². The Morgan fingerprint density at radius 1 is 1.78 bits per heavy atom. The van der Waals surface area contributed by atoms with Crippen molar-refractivity contribution in [3.05, 3.63) is 0 Å². The second kappa shape index (κ2) is 4.90. The van der Waals surface area contributed by atoms with Gasteiger partial charge in [0, 0.05) is 28.9 Å². The molecule has 2 atom stereocenters. The summed E-state index contributed by atoms with van der Waals surface area (Å²) < 4.78 is 10.7. The summed E-state index contributed by atoms with van der Waals surface area (Å²) in [5, 5.41) is 8.72. The lowest BCUT2D eigenvalue weighted by Crippen LogP contribution is -2.18. The molecule has 0 aromatic carbocycles. The summed E-state index contributed by atoms with van der Waals surface area (Å²) in [6.07, 6.45) is -0.475. The van der Waals surface area contributed by atoms with Gasteiger partial charge in [0.25, 0.3) is 0 Å². The van der Waals surface area contributed by atoms with E-state index in [0.29, 0.717) is 18.1 Å². The molecule has 3 nitrogen and oxygen atoms in total. The van der Waals surface area contributed by atoms with Crippen LogP contribution in [0.5, 0.6) is 0 Å². The highest BCUT2D eigenvalue weighted by atomic mass is 32.2. The fourth-order valence-electron chi connectivity index (χ4n) is 0.484. The highest BCUT2D eigenvalue weighted by molar-refractivity contribution is 7.85. The molecule has 0 heterocycles. The topological polar surface area (TPSA) is 63.3 Å². The predicted molar refractivity (Wildman–Crippen MR) is 38.6 cm³/mol. The summed E-state index contributed by atoms with van der Waals surface area (Å²) >= 11 is 0. The summed E-state index contributed by atoms with van der Waals surface area (Å²) in [6, 6.07) is 0. The van der Waals surface area contributed by atoms with Gasteiger partial charge in [-0.25, -0.2) is 0 Å². The first-order valence-electron chi connectivity index (χ1n) is 2.90. The van der Waals surface area contributed by atoms with Gasteiger partial charge < -0.3 is 10.8 Å². The highest BCUT2D eigenvalue weighted by Crippen LogP contribution is 1.86. The van der Waals surface area contributed by atoms with Crippen molar-refractivity contribution in [1.82, 2.24) is 0 Å². The summed E-state index contributed by atoms with van der Waals surface area (Å²) in [5.74, 6) is 0.835. The van der Waals surface area contributed by atoms with Crippen molar-refractivity contribution < 1.29 is 9.32 Å². The maximum absolute atomic E-state index is 10.7. The standard InChI is InChI=1S/C5H13NO2S/c1-5(7)4-9(8)3-2-6/h5,7H,2-4,6H2,1H3. The van der Waals surface area contributed by atoms with Gasteiger partial charge in [-0.15, -0.1) is 0 Å². The minimum atomic E-state index is -0.925. The third-order valence-electron chi connectivity index (χ3n) is 0.773. The van der Waals surface area contributed by atoms with Crippen LogP contribution in [-0.2, 0) is 10.8 Å². The molecule has 0 aliphatic heterocycles. The first kappa shape index (κ1) is 9.07. The van der Waals surface area contributed by atoms with Gasteiger partial charge in [0.15, 0.2) is 0 Å². The third-order valence-corrected chi connectivity index (χ3v) is 2.32. The molecule has 0 amide bonds. The van der Waals surface area contributed by atoms with Gasteiger partial charge in [-0.05, 0) is 6.92 Å². The maximum atomic E-state index is 10.7. The van der Waals surface area contributed by atoms with Crippen LogP contribution in [0.25, 0.3) is 0 Å². The highest BCUT2D eigenvalue weighted by Gasteiger charge is 2.01. The molecule has 0 fully saturated rings. The summed E-state index contributed by atoms with van der Waals surface area (Å²) in [4.78, 5) is 0. The molecule has 4 heteroatoms. The number of aliphatic hydroxyl groups is 1. The normalized spacial score (nSPS) is 17.2. The van der Waals surface area contributed by atoms with Gasteiger partial charge in [-0.2, -0.15) is 0 Å². The lowest BCUT2D eigenvalue weighted by Gasteiger charge is -2.01. The van der Waals surface area contributed by atoms with E-state index in [0.717, 1.165) is 0 Å². The van der Waals surface area contributed by atoms with Crippen molar-refractivity contribution in [3.63, 3.8) is 0 Å². The van der Waals surface area contributed by atoms with Crippen LogP contribution in [-0.4, -0.2) is 33.5 Å². The van der Waals surface area contributed by atoms with Crippen LogP contribution in [0.3, 0.4) is 0 Å². The van der Waals surface area contributed by atoms with Crippen LogP contribution in [0.15, 0.2) is 0 Å². The molecule has 0 spiro atoms. The SMILES string of the molecule is CC(O)CS(=O)CCN. The first-order chi connectivity index (χ1) is 4.16. The van der Waals surface area contributed by atoms with Crippen molar-refractivity contribution in [2.24, 2.45) is 5.73 Å². The summed E-state index contributed by atoms with van der Waals surface area (Å²) in [6.45, 7) is 2.05. The van der Waals surface area contributed by atoms with Crippen molar-refractivity contribution >= 4 is 10.8 Å². The van der Waals surface area contributed by atoms with Crippen molar-refractivity contribution in [2.75, 3.05) is 18.1 Å². The second-order valence-corrected chi connectivity index (χ2v) is 3.57. The van der Waals surface area contributed by atoms with E-state index in [1.807, 2.05) is 0 Å². The lowest BCUT2D eigenvalue weighted by molar-refractivity contribution is 0.219. The molecule has 0 aromatic rings. The Labute approximate surface area is 57.7 Å². The average molecular weight is 151 g/mol. The number of hydrogen-bond acceptors (Lipinski definition) is 3. The van der Waals surface area contributed by atoms with E-state index in [4.69, 9.17) is 10.8 Å². The predicted octanol–water partition coefficient (Wildman–Crippen LogP) is -0.925. The van der Waals surface area contributed by atoms with E-state index < -0.39 is 16.9 Å². The van der Waals surface area contributed by atoms with Crippen molar-refractivity contribution in [2.45, 2.75) is 13.0 Å². The van der Waals surface area contributed by atoms with Crippen LogP contribution >= 0.6 is 0 Å². The molecule has 0 aliphatic carbocycles. The molecule has 56 valence electrons. The zero-order valence-electron chi connectivity index (χ0n) is 5.54. The van der Waals surface area contributed by atoms with Crippen LogP contribution in [0.2, 0.25) is 0 Å². The lowest BCUT2D eigenvalue weighted by atomic mass is 10.5. The Bertz CT molecular complexity index is 95.0. The molecule has 3 N–H and O–H groups in total. The van der Waals surface area contributed by atoms with Gasteiger partial charge in [0.05, 0.1) is 6.10 Å². The van der Waals surface area contributed by atoms with Gasteiger partial charge in [0.1, 0.15) is 0 Å². The molecule has 0 bridgehead atoms. The van der Waals surface area contributed by atoms with E-state index >= 15 is 0 Å². The van der Waals surface area contributed by atoms with Gasteiger partial charge in [-0.3, -0.25) is 4.21 Å². The fraction of sp³-hybridized carbons (Fsp3) is 1.00. The molecule has 9 heavy (non-hydrogen) atoms. The number of nitrogens with two attached hydrogens (primary N) is 1. The van der Waals surface area contributed by atoms with E-state index in [1.54, 1.807) is 6.92 Å². The van der Waals surface area contributed by atoms with E-state index in [2.05, 4.69) is 0 Å². The largest absolute Gasteiger partial charge is 0.392 e. The molecule has 0 aromatic heterocycles. The zero-order valence-corrected chi connectivity index (χ0v) is 6.36. The van der Waals surface area contributed by atoms with Gasteiger partial charge in [0.2, 0.25) is 0 Å². The average Bonchev–Trinajstić information content (AvgIpc) is 1.63. The Morgan fingerprint density at radius 2 is 2.33 bits per heavy atom. The third kappa shape index (κ3) is 5.95. The van der Waals surface area contributed by atoms with Gasteiger partial charge >= 0.3 is 0 Å². The Kier molecular flexibility index (Phi) is 4.94. The first-order valence-corrected chi connectivity index (χ1v) is 4.38. The Hall–Kier alpha value is 0.0700. The minimum absolute atomic E-state index is 0.344. The monoisotopic (exact) mass is 151 g/mol. The van der Waals surface area contributed by atoms with Crippen LogP contribution in [0, 0.1) is 0 Å². The molecule has 0 rings (SSSR count). The maximum Gasteiger partial charge on any atom is 0.0627 e. The number of hydrogen-bond donors (Lipinski definition) is 2. The summed E-state index contributed by atoms with van der Waals surface area (Å²) in [7, 11) is -0.925. The number of rotatable bonds is 4. The van der Waals surface area contributed by atoms with Crippen molar-refractivity contribution in [3.8, 4) is 0 Å². The summed E-state index contributed by atoms with van der Waals surface area (Å²) in [5.41, 5.74) is 5.13.